The predicted molar refractivity (Wildman–Crippen MR) is 104 cm³/mol. The highest BCUT2D eigenvalue weighted by molar-refractivity contribution is 5.92. The highest BCUT2D eigenvalue weighted by Crippen LogP contribution is 2.21. The molecule has 0 fully saturated rings. The molecule has 0 aliphatic rings. The zero-order valence-electron chi connectivity index (χ0n) is 15.5. The first-order valence-electron chi connectivity index (χ1n) is 8.77. The number of carbonyl (C=O) groups is 1. The first-order chi connectivity index (χ1) is 13.5. The van der Waals surface area contributed by atoms with E-state index in [0.29, 0.717) is 12.1 Å². The third-order valence-corrected chi connectivity index (χ3v) is 4.36. The van der Waals surface area contributed by atoms with Gasteiger partial charge in [0.2, 0.25) is 0 Å². The number of amides is 1. The minimum atomic E-state index is -0.471. The van der Waals surface area contributed by atoms with Crippen molar-refractivity contribution in [2.75, 3.05) is 7.11 Å². The Morgan fingerprint density at radius 2 is 2.00 bits per heavy atom. The van der Waals surface area contributed by atoms with Crippen molar-refractivity contribution in [2.45, 2.75) is 19.4 Å². The Morgan fingerprint density at radius 1 is 1.25 bits per heavy atom. The van der Waals surface area contributed by atoms with Gasteiger partial charge in [0, 0.05) is 18.3 Å². The van der Waals surface area contributed by atoms with Crippen molar-refractivity contribution in [3.05, 3.63) is 82.2 Å². The van der Waals surface area contributed by atoms with E-state index in [9.17, 15) is 14.9 Å². The predicted octanol–water partition coefficient (Wildman–Crippen LogP) is 3.67. The molecule has 1 amide bonds. The molecule has 8 nitrogen and oxygen atoms in total. The van der Waals surface area contributed by atoms with Crippen molar-refractivity contribution in [2.24, 2.45) is 0 Å². The van der Waals surface area contributed by atoms with Crippen molar-refractivity contribution >= 4 is 11.6 Å². The average molecular weight is 380 g/mol. The summed E-state index contributed by atoms with van der Waals surface area (Å²) in [7, 11) is 1.60. The Balaban J connectivity index is 1.75. The van der Waals surface area contributed by atoms with Crippen LogP contribution >= 0.6 is 0 Å². The van der Waals surface area contributed by atoms with E-state index in [0.717, 1.165) is 11.3 Å². The minimum Gasteiger partial charge on any atom is -0.497 e. The summed E-state index contributed by atoms with van der Waals surface area (Å²) in [5.74, 6) is 0.437. The van der Waals surface area contributed by atoms with Gasteiger partial charge in [0.1, 0.15) is 5.75 Å². The zero-order valence-corrected chi connectivity index (χ0v) is 15.5. The molecular weight excluding hydrogens is 360 g/mol. The third-order valence-electron chi connectivity index (χ3n) is 4.36. The van der Waals surface area contributed by atoms with Crippen LogP contribution in [0.3, 0.4) is 0 Å². The van der Waals surface area contributed by atoms with Crippen molar-refractivity contribution in [3.63, 3.8) is 0 Å². The van der Waals surface area contributed by atoms with Crippen molar-refractivity contribution in [1.29, 1.82) is 0 Å². The second-order valence-corrected chi connectivity index (χ2v) is 6.13. The number of rotatable bonds is 7. The molecule has 3 rings (SSSR count). The summed E-state index contributed by atoms with van der Waals surface area (Å²) in [5.41, 5.74) is 1.67. The van der Waals surface area contributed by atoms with Crippen LogP contribution in [0.15, 0.2) is 60.8 Å². The van der Waals surface area contributed by atoms with E-state index in [-0.39, 0.29) is 23.3 Å². The molecule has 1 unspecified atom stereocenters. The Labute approximate surface area is 161 Å². The van der Waals surface area contributed by atoms with Gasteiger partial charge in [0.15, 0.2) is 5.69 Å². The van der Waals surface area contributed by atoms with E-state index in [4.69, 9.17) is 4.74 Å². The van der Waals surface area contributed by atoms with Gasteiger partial charge in [-0.2, -0.15) is 5.10 Å². The van der Waals surface area contributed by atoms with Gasteiger partial charge in [-0.15, -0.1) is 0 Å². The molecule has 0 aliphatic carbocycles. The molecule has 2 aromatic carbocycles. The van der Waals surface area contributed by atoms with E-state index >= 15 is 0 Å². The van der Waals surface area contributed by atoms with Gasteiger partial charge in [-0.25, -0.2) is 4.68 Å². The van der Waals surface area contributed by atoms with Crippen LogP contribution in [0, 0.1) is 10.1 Å². The van der Waals surface area contributed by atoms with Gasteiger partial charge in [-0.1, -0.05) is 25.1 Å². The maximum atomic E-state index is 12.6. The van der Waals surface area contributed by atoms with Crippen LogP contribution in [-0.4, -0.2) is 27.7 Å². The number of benzene rings is 2. The first kappa shape index (κ1) is 19.1. The Hall–Kier alpha value is -3.68. The van der Waals surface area contributed by atoms with Gasteiger partial charge in [0.25, 0.3) is 11.6 Å². The van der Waals surface area contributed by atoms with E-state index in [1.807, 2.05) is 31.2 Å². The Bertz CT molecular complexity index is 982. The number of nitrogens with zero attached hydrogens (tertiary/aromatic N) is 3. The lowest BCUT2D eigenvalue weighted by Crippen LogP contribution is -2.28. The smallest absolute Gasteiger partial charge is 0.272 e. The number of hydrogen-bond acceptors (Lipinski definition) is 5. The number of aromatic nitrogens is 2. The standard InChI is InChI=1S/C20H20N4O4/c1-3-18(14-7-9-17(28-2)10-8-14)21-20(25)19-11-12-23(22-19)15-5-4-6-16(13-15)24(26)27/h4-13,18H,3H2,1-2H3,(H,21,25). The summed E-state index contributed by atoms with van der Waals surface area (Å²) < 4.78 is 6.60. The zero-order chi connectivity index (χ0) is 20.1. The second-order valence-electron chi connectivity index (χ2n) is 6.13. The number of nitrogens with one attached hydrogen (secondary N) is 1. The molecule has 3 aromatic rings. The summed E-state index contributed by atoms with van der Waals surface area (Å²) in [4.78, 5) is 23.1. The number of non-ortho nitro benzene ring substituents is 1. The molecular formula is C20H20N4O4. The van der Waals surface area contributed by atoms with Gasteiger partial charge < -0.3 is 10.1 Å². The van der Waals surface area contributed by atoms with Gasteiger partial charge >= 0.3 is 0 Å². The number of methoxy groups -OCH3 is 1. The van der Waals surface area contributed by atoms with E-state index in [2.05, 4.69) is 10.4 Å². The van der Waals surface area contributed by atoms with Crippen LogP contribution < -0.4 is 10.1 Å². The van der Waals surface area contributed by atoms with Crippen molar-refractivity contribution < 1.29 is 14.5 Å². The molecule has 28 heavy (non-hydrogen) atoms. The van der Waals surface area contributed by atoms with Gasteiger partial charge in [-0.3, -0.25) is 14.9 Å². The largest absolute Gasteiger partial charge is 0.497 e. The van der Waals surface area contributed by atoms with Crippen LogP contribution in [0.5, 0.6) is 5.75 Å². The molecule has 1 aromatic heterocycles. The molecule has 0 saturated carbocycles. The molecule has 0 bridgehead atoms. The SMILES string of the molecule is CCC(NC(=O)c1ccn(-c2cccc([N+](=O)[O-])c2)n1)c1ccc(OC)cc1. The van der Waals surface area contributed by atoms with E-state index < -0.39 is 4.92 Å². The van der Waals surface area contributed by atoms with Gasteiger partial charge in [0.05, 0.1) is 23.8 Å². The highest BCUT2D eigenvalue weighted by Gasteiger charge is 2.17. The molecule has 144 valence electrons. The molecule has 1 heterocycles. The fourth-order valence-corrected chi connectivity index (χ4v) is 2.83. The minimum absolute atomic E-state index is 0.0374. The molecule has 0 radical (unpaired) electrons. The fraction of sp³-hybridized carbons (Fsp3) is 0.200. The number of nitro benzene ring substituents is 1. The number of nitro groups is 1. The molecule has 1 N–H and O–H groups in total. The fourth-order valence-electron chi connectivity index (χ4n) is 2.83. The van der Waals surface area contributed by atoms with Crippen LogP contribution in [0.4, 0.5) is 5.69 Å². The lowest BCUT2D eigenvalue weighted by Gasteiger charge is -2.17. The third kappa shape index (κ3) is 4.17. The number of hydrogen-bond donors (Lipinski definition) is 1. The average Bonchev–Trinajstić information content (AvgIpc) is 3.22. The summed E-state index contributed by atoms with van der Waals surface area (Å²) in [5, 5.41) is 18.1. The van der Waals surface area contributed by atoms with Gasteiger partial charge in [-0.05, 0) is 36.2 Å². The quantitative estimate of drug-likeness (QED) is 0.498. The topological polar surface area (TPSA) is 99.3 Å². The molecule has 0 aliphatic heterocycles. The maximum absolute atomic E-state index is 12.6. The Kier molecular flexibility index (Phi) is 5.69. The van der Waals surface area contributed by atoms with Crippen LogP contribution in [-0.2, 0) is 0 Å². The number of carbonyl (C=O) groups excluding carboxylic acids is 1. The maximum Gasteiger partial charge on any atom is 0.272 e. The molecule has 1 atom stereocenters. The lowest BCUT2D eigenvalue weighted by atomic mass is 10.0. The monoisotopic (exact) mass is 380 g/mol. The summed E-state index contributed by atoms with van der Waals surface area (Å²) in [6.07, 6.45) is 2.31. The summed E-state index contributed by atoms with van der Waals surface area (Å²) in [6.45, 7) is 1.98. The molecule has 0 spiro atoms. The van der Waals surface area contributed by atoms with Crippen molar-refractivity contribution in [1.82, 2.24) is 15.1 Å². The normalized spacial score (nSPS) is 11.6. The summed E-state index contributed by atoms with van der Waals surface area (Å²) in [6, 6.07) is 15.0. The molecule has 8 heteroatoms. The molecule has 0 saturated heterocycles. The van der Waals surface area contributed by atoms with Crippen LogP contribution in [0.25, 0.3) is 5.69 Å². The van der Waals surface area contributed by atoms with E-state index in [1.54, 1.807) is 31.5 Å². The van der Waals surface area contributed by atoms with Crippen LogP contribution in [0.2, 0.25) is 0 Å². The first-order valence-corrected chi connectivity index (χ1v) is 8.77. The van der Waals surface area contributed by atoms with Crippen molar-refractivity contribution in [3.8, 4) is 11.4 Å². The lowest BCUT2D eigenvalue weighted by molar-refractivity contribution is -0.384. The second kappa shape index (κ2) is 8.34. The Morgan fingerprint density at radius 3 is 2.64 bits per heavy atom. The highest BCUT2D eigenvalue weighted by atomic mass is 16.6. The van der Waals surface area contributed by atoms with E-state index in [1.165, 1.54) is 16.8 Å². The van der Waals surface area contributed by atoms with Crippen LogP contribution in [0.1, 0.15) is 35.4 Å². The number of ether oxygens (including phenoxy) is 1. The summed E-state index contributed by atoms with van der Waals surface area (Å²) >= 11 is 0.